The summed E-state index contributed by atoms with van der Waals surface area (Å²) >= 11 is 0. The number of carbonyl (C=O) groups excluding carboxylic acids is 1. The van der Waals surface area contributed by atoms with Gasteiger partial charge in [-0.05, 0) is 31.4 Å². The molecule has 0 radical (unpaired) electrons. The molecule has 0 bridgehead atoms. The van der Waals surface area contributed by atoms with E-state index in [1.807, 2.05) is 4.90 Å². The molecule has 2 N–H and O–H groups in total. The van der Waals surface area contributed by atoms with Gasteiger partial charge in [0, 0.05) is 12.6 Å². The molecule has 1 fully saturated rings. The van der Waals surface area contributed by atoms with Gasteiger partial charge < -0.3 is 10.6 Å². The molecular weight excluding hydrogens is 226 g/mol. The first-order valence-electron chi connectivity index (χ1n) is 6.76. The Bertz CT molecular complexity index is 419. The molecule has 0 aliphatic carbocycles. The molecule has 1 saturated heterocycles. The monoisotopic (exact) mass is 247 g/mol. The highest BCUT2D eigenvalue weighted by Gasteiger charge is 2.25. The third kappa shape index (κ3) is 2.81. The van der Waals surface area contributed by atoms with Crippen molar-refractivity contribution in [1.29, 1.82) is 0 Å². The third-order valence-electron chi connectivity index (χ3n) is 3.60. The van der Waals surface area contributed by atoms with Crippen molar-refractivity contribution < 1.29 is 4.79 Å². The molecule has 4 heteroatoms. The number of pyridine rings is 1. The summed E-state index contributed by atoms with van der Waals surface area (Å²) in [5.74, 6) is 0.430. The van der Waals surface area contributed by atoms with Crippen molar-refractivity contribution in [3.05, 3.63) is 23.9 Å². The first kappa shape index (κ1) is 12.9. The lowest BCUT2D eigenvalue weighted by Gasteiger charge is -2.29. The molecule has 1 aliphatic heterocycles. The van der Waals surface area contributed by atoms with Gasteiger partial charge in [-0.1, -0.05) is 25.8 Å². The van der Waals surface area contributed by atoms with E-state index in [9.17, 15) is 4.79 Å². The summed E-state index contributed by atoms with van der Waals surface area (Å²) < 4.78 is 0. The first-order valence-corrected chi connectivity index (χ1v) is 6.76. The summed E-state index contributed by atoms with van der Waals surface area (Å²) in [6.45, 7) is 2.98. The van der Waals surface area contributed by atoms with E-state index >= 15 is 0 Å². The SMILES string of the molecule is CCC1CCCCCN1C(=O)c1cccc(N)n1. The van der Waals surface area contributed by atoms with Crippen LogP contribution in [0.2, 0.25) is 0 Å². The van der Waals surface area contributed by atoms with Crippen molar-refractivity contribution in [2.24, 2.45) is 0 Å². The van der Waals surface area contributed by atoms with Gasteiger partial charge in [0.05, 0.1) is 0 Å². The van der Waals surface area contributed by atoms with Gasteiger partial charge in [0.15, 0.2) is 0 Å². The Labute approximate surface area is 108 Å². The normalized spacial score (nSPS) is 20.5. The molecular formula is C14H21N3O. The summed E-state index contributed by atoms with van der Waals surface area (Å²) in [5, 5.41) is 0. The van der Waals surface area contributed by atoms with Crippen LogP contribution in [0.25, 0.3) is 0 Å². The van der Waals surface area contributed by atoms with Gasteiger partial charge in [0.1, 0.15) is 11.5 Å². The molecule has 2 heterocycles. The Morgan fingerprint density at radius 1 is 1.44 bits per heavy atom. The second-order valence-electron chi connectivity index (χ2n) is 4.86. The van der Waals surface area contributed by atoms with Crippen LogP contribution in [0.5, 0.6) is 0 Å². The minimum absolute atomic E-state index is 0.0241. The van der Waals surface area contributed by atoms with E-state index in [1.165, 1.54) is 12.8 Å². The Kier molecular flexibility index (Phi) is 4.18. The molecule has 1 aliphatic rings. The zero-order valence-electron chi connectivity index (χ0n) is 10.9. The fourth-order valence-corrected chi connectivity index (χ4v) is 2.59. The smallest absolute Gasteiger partial charge is 0.272 e. The predicted octanol–water partition coefficient (Wildman–Crippen LogP) is 2.46. The maximum absolute atomic E-state index is 12.5. The first-order chi connectivity index (χ1) is 8.72. The van der Waals surface area contributed by atoms with E-state index in [2.05, 4.69) is 11.9 Å². The summed E-state index contributed by atoms with van der Waals surface area (Å²) in [4.78, 5) is 18.6. The van der Waals surface area contributed by atoms with Gasteiger partial charge in [-0.15, -0.1) is 0 Å². The molecule has 1 aromatic heterocycles. The van der Waals surface area contributed by atoms with E-state index in [-0.39, 0.29) is 5.91 Å². The van der Waals surface area contributed by atoms with E-state index in [0.29, 0.717) is 17.6 Å². The van der Waals surface area contributed by atoms with Crippen molar-refractivity contribution in [3.63, 3.8) is 0 Å². The molecule has 0 saturated carbocycles. The maximum atomic E-state index is 12.5. The minimum Gasteiger partial charge on any atom is -0.384 e. The largest absolute Gasteiger partial charge is 0.384 e. The lowest BCUT2D eigenvalue weighted by atomic mass is 10.1. The number of aromatic nitrogens is 1. The van der Waals surface area contributed by atoms with Crippen molar-refractivity contribution in [2.75, 3.05) is 12.3 Å². The Balaban J connectivity index is 2.19. The molecule has 1 unspecified atom stereocenters. The van der Waals surface area contributed by atoms with Crippen LogP contribution in [0.1, 0.15) is 49.5 Å². The molecule has 2 rings (SSSR count). The number of hydrogen-bond acceptors (Lipinski definition) is 3. The molecule has 98 valence electrons. The highest BCUT2D eigenvalue weighted by molar-refractivity contribution is 5.92. The van der Waals surface area contributed by atoms with Crippen molar-refractivity contribution in [2.45, 2.75) is 45.1 Å². The van der Waals surface area contributed by atoms with Gasteiger partial charge in [0.25, 0.3) is 5.91 Å². The molecule has 1 amide bonds. The van der Waals surface area contributed by atoms with E-state index < -0.39 is 0 Å². The van der Waals surface area contributed by atoms with Crippen LogP contribution < -0.4 is 5.73 Å². The maximum Gasteiger partial charge on any atom is 0.272 e. The number of rotatable bonds is 2. The van der Waals surface area contributed by atoms with Gasteiger partial charge in [-0.3, -0.25) is 4.79 Å². The highest BCUT2D eigenvalue weighted by Crippen LogP contribution is 2.21. The quantitative estimate of drug-likeness (QED) is 0.873. The van der Waals surface area contributed by atoms with Gasteiger partial charge in [-0.25, -0.2) is 4.98 Å². The van der Waals surface area contributed by atoms with Crippen LogP contribution in [0.4, 0.5) is 5.82 Å². The topological polar surface area (TPSA) is 59.2 Å². The fraction of sp³-hybridized carbons (Fsp3) is 0.571. The third-order valence-corrected chi connectivity index (χ3v) is 3.60. The highest BCUT2D eigenvalue weighted by atomic mass is 16.2. The lowest BCUT2D eigenvalue weighted by molar-refractivity contribution is 0.0672. The van der Waals surface area contributed by atoms with Crippen LogP contribution in [-0.2, 0) is 0 Å². The number of likely N-dealkylation sites (tertiary alicyclic amines) is 1. The Morgan fingerprint density at radius 2 is 2.28 bits per heavy atom. The van der Waals surface area contributed by atoms with Gasteiger partial charge >= 0.3 is 0 Å². The van der Waals surface area contributed by atoms with Crippen LogP contribution in [0.15, 0.2) is 18.2 Å². The summed E-state index contributed by atoms with van der Waals surface area (Å²) in [6.07, 6.45) is 5.63. The molecule has 1 aromatic rings. The minimum atomic E-state index is 0.0241. The van der Waals surface area contributed by atoms with E-state index in [1.54, 1.807) is 18.2 Å². The average molecular weight is 247 g/mol. The van der Waals surface area contributed by atoms with Crippen molar-refractivity contribution in [3.8, 4) is 0 Å². The second kappa shape index (κ2) is 5.85. The number of carbonyl (C=O) groups is 1. The fourth-order valence-electron chi connectivity index (χ4n) is 2.59. The molecule has 4 nitrogen and oxygen atoms in total. The summed E-state index contributed by atoms with van der Waals surface area (Å²) in [7, 11) is 0. The lowest BCUT2D eigenvalue weighted by Crippen LogP contribution is -2.40. The number of hydrogen-bond donors (Lipinski definition) is 1. The average Bonchev–Trinajstić information content (AvgIpc) is 2.62. The zero-order valence-corrected chi connectivity index (χ0v) is 10.9. The number of nitrogens with zero attached hydrogens (tertiary/aromatic N) is 2. The Morgan fingerprint density at radius 3 is 3.00 bits per heavy atom. The van der Waals surface area contributed by atoms with Crippen LogP contribution in [-0.4, -0.2) is 28.4 Å². The van der Waals surface area contributed by atoms with Gasteiger partial charge in [-0.2, -0.15) is 0 Å². The number of nitrogen functional groups attached to an aromatic ring is 1. The number of nitrogens with two attached hydrogens (primary N) is 1. The summed E-state index contributed by atoms with van der Waals surface area (Å²) in [6, 6.07) is 5.59. The van der Waals surface area contributed by atoms with E-state index in [0.717, 1.165) is 25.8 Å². The Hall–Kier alpha value is -1.58. The van der Waals surface area contributed by atoms with Crippen molar-refractivity contribution >= 4 is 11.7 Å². The van der Waals surface area contributed by atoms with Gasteiger partial charge in [0.2, 0.25) is 0 Å². The predicted molar refractivity (Wildman–Crippen MR) is 72.2 cm³/mol. The zero-order chi connectivity index (χ0) is 13.0. The van der Waals surface area contributed by atoms with Crippen molar-refractivity contribution in [1.82, 2.24) is 9.88 Å². The number of amides is 1. The van der Waals surface area contributed by atoms with Crippen LogP contribution in [0, 0.1) is 0 Å². The number of anilines is 1. The van der Waals surface area contributed by atoms with E-state index in [4.69, 9.17) is 5.73 Å². The summed E-state index contributed by atoms with van der Waals surface area (Å²) in [5.41, 5.74) is 6.11. The molecule has 0 aromatic carbocycles. The standard InChI is InChI=1S/C14H21N3O/c1-2-11-7-4-3-5-10-17(11)14(18)12-8-6-9-13(15)16-12/h6,8-9,11H,2-5,7,10H2,1H3,(H2,15,16). The van der Waals surface area contributed by atoms with Crippen LogP contribution >= 0.6 is 0 Å². The van der Waals surface area contributed by atoms with Crippen LogP contribution in [0.3, 0.4) is 0 Å². The second-order valence-corrected chi connectivity index (χ2v) is 4.86. The molecule has 1 atom stereocenters. The molecule has 0 spiro atoms. The molecule has 18 heavy (non-hydrogen) atoms.